The molecule has 0 spiro atoms. The van der Waals surface area contributed by atoms with Crippen LogP contribution in [-0.2, 0) is 9.59 Å². The van der Waals surface area contributed by atoms with E-state index in [1.165, 1.54) is 11.8 Å². The molecule has 0 atom stereocenters. The van der Waals surface area contributed by atoms with Crippen LogP contribution in [0.25, 0.3) is 0 Å². The maximum Gasteiger partial charge on any atom is 0.305 e. The fraction of sp³-hybridized carbons (Fsp3) is 0.273. The molecule has 5 heteroatoms. The maximum absolute atomic E-state index is 11.3. The highest BCUT2D eigenvalue weighted by Gasteiger charge is 2.03. The van der Waals surface area contributed by atoms with Crippen LogP contribution >= 0.6 is 11.8 Å². The number of benzene rings is 1. The monoisotopic (exact) mass is 239 g/mol. The van der Waals surface area contributed by atoms with Gasteiger partial charge in [0.25, 0.3) is 0 Å². The van der Waals surface area contributed by atoms with Gasteiger partial charge in [-0.05, 0) is 12.1 Å². The van der Waals surface area contributed by atoms with Gasteiger partial charge < -0.3 is 10.4 Å². The number of aliphatic carboxylic acids is 1. The molecule has 4 nitrogen and oxygen atoms in total. The first-order valence-electron chi connectivity index (χ1n) is 4.85. The highest BCUT2D eigenvalue weighted by Crippen LogP contribution is 2.15. The minimum atomic E-state index is -0.906. The maximum atomic E-state index is 11.3. The first kappa shape index (κ1) is 12.6. The van der Waals surface area contributed by atoms with Gasteiger partial charge in [0.2, 0.25) is 5.91 Å². The van der Waals surface area contributed by atoms with Gasteiger partial charge in [0.15, 0.2) is 0 Å². The molecule has 1 aromatic carbocycles. The second kappa shape index (κ2) is 6.90. The van der Waals surface area contributed by atoms with Crippen molar-refractivity contribution >= 4 is 23.6 Å². The number of nitrogens with one attached hydrogen (secondary N) is 1. The number of carbonyl (C=O) groups is 2. The fourth-order valence-corrected chi connectivity index (χ4v) is 1.77. The molecule has 0 saturated heterocycles. The van der Waals surface area contributed by atoms with Crippen LogP contribution in [0.4, 0.5) is 0 Å². The van der Waals surface area contributed by atoms with Gasteiger partial charge in [0, 0.05) is 11.4 Å². The van der Waals surface area contributed by atoms with E-state index in [4.69, 9.17) is 5.11 Å². The first-order valence-corrected chi connectivity index (χ1v) is 5.83. The van der Waals surface area contributed by atoms with Gasteiger partial charge in [0.1, 0.15) is 0 Å². The normalized spacial score (nSPS) is 9.75. The van der Waals surface area contributed by atoms with Crippen LogP contribution in [0.3, 0.4) is 0 Å². The van der Waals surface area contributed by atoms with Gasteiger partial charge >= 0.3 is 5.97 Å². The van der Waals surface area contributed by atoms with Gasteiger partial charge in [0.05, 0.1) is 12.2 Å². The molecule has 0 saturated carbocycles. The number of rotatable bonds is 6. The van der Waals surface area contributed by atoms with E-state index in [2.05, 4.69) is 5.32 Å². The summed E-state index contributed by atoms with van der Waals surface area (Å²) in [6.07, 6.45) is -0.0399. The molecule has 0 fully saturated rings. The Labute approximate surface area is 98.0 Å². The molecule has 2 N–H and O–H groups in total. The second-order valence-corrected chi connectivity index (χ2v) is 4.14. The minimum Gasteiger partial charge on any atom is -0.481 e. The van der Waals surface area contributed by atoms with Gasteiger partial charge in [-0.3, -0.25) is 9.59 Å². The van der Waals surface area contributed by atoms with Crippen molar-refractivity contribution in [3.05, 3.63) is 30.3 Å². The molecule has 0 bridgehead atoms. The summed E-state index contributed by atoms with van der Waals surface area (Å²) in [7, 11) is 0. The Kier molecular flexibility index (Phi) is 5.42. The summed E-state index contributed by atoms with van der Waals surface area (Å²) in [4.78, 5) is 22.5. The number of carbonyl (C=O) groups excluding carboxylic acids is 1. The van der Waals surface area contributed by atoms with E-state index in [1.807, 2.05) is 30.3 Å². The smallest absolute Gasteiger partial charge is 0.305 e. The Morgan fingerprint density at radius 1 is 1.25 bits per heavy atom. The van der Waals surface area contributed by atoms with Crippen molar-refractivity contribution in [2.75, 3.05) is 12.3 Å². The third-order valence-corrected chi connectivity index (χ3v) is 2.79. The molecular formula is C11H13NO3S. The summed E-state index contributed by atoms with van der Waals surface area (Å²) in [6, 6.07) is 9.58. The SMILES string of the molecule is O=C(O)CCNC(=O)CSc1ccccc1. The summed E-state index contributed by atoms with van der Waals surface area (Å²) in [6.45, 7) is 0.184. The molecule has 86 valence electrons. The van der Waals surface area contributed by atoms with E-state index in [0.29, 0.717) is 5.75 Å². The van der Waals surface area contributed by atoms with Gasteiger partial charge in [-0.15, -0.1) is 11.8 Å². The molecule has 0 aliphatic rings. The van der Waals surface area contributed by atoms with Crippen molar-refractivity contribution in [3.8, 4) is 0 Å². The summed E-state index contributed by atoms with van der Waals surface area (Å²) >= 11 is 1.43. The predicted octanol–water partition coefficient (Wildman–Crippen LogP) is 1.37. The van der Waals surface area contributed by atoms with Gasteiger partial charge in [-0.25, -0.2) is 0 Å². The molecule has 0 radical (unpaired) electrons. The van der Waals surface area contributed by atoms with E-state index in [9.17, 15) is 9.59 Å². The lowest BCUT2D eigenvalue weighted by molar-refractivity contribution is -0.136. The van der Waals surface area contributed by atoms with Crippen molar-refractivity contribution in [3.63, 3.8) is 0 Å². The van der Waals surface area contributed by atoms with Crippen molar-refractivity contribution in [1.82, 2.24) is 5.32 Å². The summed E-state index contributed by atoms with van der Waals surface area (Å²) in [5.74, 6) is -0.741. The van der Waals surface area contributed by atoms with Crippen LogP contribution in [0, 0.1) is 0 Å². The zero-order valence-electron chi connectivity index (χ0n) is 8.68. The average Bonchev–Trinajstić information content (AvgIpc) is 2.27. The molecule has 16 heavy (non-hydrogen) atoms. The zero-order chi connectivity index (χ0) is 11.8. The molecule has 0 unspecified atom stereocenters. The summed E-state index contributed by atoms with van der Waals surface area (Å²) in [5, 5.41) is 10.9. The van der Waals surface area contributed by atoms with Gasteiger partial charge in [-0.1, -0.05) is 18.2 Å². The quantitative estimate of drug-likeness (QED) is 0.736. The molecule has 0 aliphatic carbocycles. The van der Waals surface area contributed by atoms with Crippen LogP contribution in [0.2, 0.25) is 0 Å². The van der Waals surface area contributed by atoms with Crippen LogP contribution in [-0.4, -0.2) is 29.3 Å². The van der Waals surface area contributed by atoms with Crippen LogP contribution in [0.5, 0.6) is 0 Å². The molecule has 1 rings (SSSR count). The number of amides is 1. The van der Waals surface area contributed by atoms with E-state index in [0.717, 1.165) is 4.90 Å². The predicted molar refractivity (Wildman–Crippen MR) is 62.4 cm³/mol. The molecule has 0 aliphatic heterocycles. The second-order valence-electron chi connectivity index (χ2n) is 3.10. The third kappa shape index (κ3) is 5.41. The Bertz CT molecular complexity index is 354. The number of carboxylic acids is 1. The number of thioether (sulfide) groups is 1. The van der Waals surface area contributed by atoms with Crippen molar-refractivity contribution in [1.29, 1.82) is 0 Å². The highest BCUT2D eigenvalue weighted by atomic mass is 32.2. The first-order chi connectivity index (χ1) is 7.68. The molecule has 1 aromatic rings. The Morgan fingerprint density at radius 3 is 2.56 bits per heavy atom. The van der Waals surface area contributed by atoms with Crippen LogP contribution in [0.15, 0.2) is 35.2 Å². The number of carboxylic acid groups (broad SMARTS) is 1. The van der Waals surface area contributed by atoms with Crippen LogP contribution < -0.4 is 5.32 Å². The van der Waals surface area contributed by atoms with Crippen LogP contribution in [0.1, 0.15) is 6.42 Å². The zero-order valence-corrected chi connectivity index (χ0v) is 9.50. The lowest BCUT2D eigenvalue weighted by Crippen LogP contribution is -2.27. The Balaban J connectivity index is 2.18. The van der Waals surface area contributed by atoms with Crippen molar-refractivity contribution in [2.45, 2.75) is 11.3 Å². The molecule has 0 heterocycles. The Morgan fingerprint density at radius 2 is 1.94 bits per heavy atom. The number of hydrogen-bond donors (Lipinski definition) is 2. The standard InChI is InChI=1S/C11H13NO3S/c13-10(12-7-6-11(14)15)8-16-9-4-2-1-3-5-9/h1-5H,6-8H2,(H,12,13)(H,14,15). The highest BCUT2D eigenvalue weighted by molar-refractivity contribution is 8.00. The van der Waals surface area contributed by atoms with E-state index < -0.39 is 5.97 Å². The van der Waals surface area contributed by atoms with E-state index in [-0.39, 0.29) is 18.9 Å². The van der Waals surface area contributed by atoms with Crippen molar-refractivity contribution in [2.24, 2.45) is 0 Å². The Hall–Kier alpha value is -1.49. The topological polar surface area (TPSA) is 66.4 Å². The number of hydrogen-bond acceptors (Lipinski definition) is 3. The lowest BCUT2D eigenvalue weighted by Gasteiger charge is -2.03. The summed E-state index contributed by atoms with van der Waals surface area (Å²) in [5.41, 5.74) is 0. The van der Waals surface area contributed by atoms with Crippen molar-refractivity contribution < 1.29 is 14.7 Å². The van der Waals surface area contributed by atoms with Gasteiger partial charge in [-0.2, -0.15) is 0 Å². The molecule has 0 aromatic heterocycles. The van der Waals surface area contributed by atoms with E-state index in [1.54, 1.807) is 0 Å². The summed E-state index contributed by atoms with van der Waals surface area (Å²) < 4.78 is 0. The third-order valence-electron chi connectivity index (χ3n) is 1.77. The van der Waals surface area contributed by atoms with E-state index >= 15 is 0 Å². The molecule has 1 amide bonds. The average molecular weight is 239 g/mol. The largest absolute Gasteiger partial charge is 0.481 e. The molecular weight excluding hydrogens is 226 g/mol. The fourth-order valence-electron chi connectivity index (χ4n) is 1.03. The minimum absolute atomic E-state index is 0.0399. The lowest BCUT2D eigenvalue weighted by atomic mass is 10.4.